The van der Waals surface area contributed by atoms with Crippen LogP contribution in [0.4, 0.5) is 10.1 Å². The first kappa shape index (κ1) is 20.9. The predicted octanol–water partition coefficient (Wildman–Crippen LogP) is 4.11. The van der Waals surface area contributed by atoms with Crippen LogP contribution in [0.25, 0.3) is 0 Å². The van der Waals surface area contributed by atoms with Gasteiger partial charge in [0.1, 0.15) is 11.1 Å². The normalized spacial score (nSPS) is 27.4. The van der Waals surface area contributed by atoms with Crippen molar-refractivity contribution in [2.24, 2.45) is 5.41 Å². The maximum atomic E-state index is 15.0. The van der Waals surface area contributed by atoms with Gasteiger partial charge in [-0.15, -0.1) is 0 Å². The van der Waals surface area contributed by atoms with E-state index in [1.165, 1.54) is 4.31 Å². The molecule has 5 nitrogen and oxygen atoms in total. The second-order valence-corrected chi connectivity index (χ2v) is 11.4. The van der Waals surface area contributed by atoms with Gasteiger partial charge in [-0.2, -0.15) is 4.31 Å². The Labute approximate surface area is 183 Å². The van der Waals surface area contributed by atoms with E-state index >= 15 is 4.39 Å². The smallest absolute Gasteiger partial charge is 0.221 e. The minimum atomic E-state index is -3.57. The molecule has 5 rings (SSSR count). The highest BCUT2D eigenvalue weighted by Gasteiger charge is 2.46. The fraction of sp³-hybridized carbons (Fsp3) is 0.500. The molecule has 0 saturated carbocycles. The van der Waals surface area contributed by atoms with Crippen LogP contribution in [-0.4, -0.2) is 45.1 Å². The van der Waals surface area contributed by atoms with Crippen LogP contribution in [-0.2, 0) is 21.3 Å². The molecule has 0 amide bonds. The molecule has 0 radical (unpaired) electrons. The van der Waals surface area contributed by atoms with Crippen molar-refractivity contribution in [2.75, 3.05) is 31.2 Å². The van der Waals surface area contributed by atoms with E-state index in [0.29, 0.717) is 12.0 Å². The van der Waals surface area contributed by atoms with Crippen LogP contribution in [0.3, 0.4) is 0 Å². The molecule has 166 valence electrons. The van der Waals surface area contributed by atoms with Crippen molar-refractivity contribution in [3.63, 3.8) is 0 Å². The van der Waals surface area contributed by atoms with Crippen molar-refractivity contribution >= 4 is 15.7 Å². The lowest BCUT2D eigenvalue weighted by Crippen LogP contribution is -2.57. The third-order valence-electron chi connectivity index (χ3n) is 7.16. The number of hydrogen-bond acceptors (Lipinski definition) is 4. The van der Waals surface area contributed by atoms with E-state index in [0.717, 1.165) is 50.4 Å². The van der Waals surface area contributed by atoms with Gasteiger partial charge in [0.05, 0.1) is 6.61 Å². The third kappa shape index (κ3) is 3.77. The summed E-state index contributed by atoms with van der Waals surface area (Å²) in [6.45, 7) is 5.36. The van der Waals surface area contributed by atoms with Crippen molar-refractivity contribution in [3.8, 4) is 0 Å². The van der Waals surface area contributed by atoms with Crippen molar-refractivity contribution in [1.82, 2.24) is 4.31 Å². The Balaban J connectivity index is 1.33. The van der Waals surface area contributed by atoms with Gasteiger partial charge in [-0.1, -0.05) is 36.4 Å². The average molecular weight is 445 g/mol. The molecule has 2 unspecified atom stereocenters. The Hall–Kier alpha value is -1.96. The second kappa shape index (κ2) is 7.87. The zero-order valence-corrected chi connectivity index (χ0v) is 18.7. The lowest BCUT2D eigenvalue weighted by atomic mass is 9.79. The zero-order chi connectivity index (χ0) is 21.6. The maximum absolute atomic E-state index is 15.0. The molecule has 3 aliphatic heterocycles. The number of halogens is 1. The average Bonchev–Trinajstić information content (AvgIpc) is 3.22. The first-order valence-corrected chi connectivity index (χ1v) is 12.6. The molecule has 0 aliphatic carbocycles. The molecule has 3 saturated heterocycles. The fourth-order valence-electron chi connectivity index (χ4n) is 5.23. The highest BCUT2D eigenvalue weighted by molar-refractivity contribution is 7.89. The molecule has 31 heavy (non-hydrogen) atoms. The molecule has 2 atom stereocenters. The monoisotopic (exact) mass is 444 g/mol. The number of nitrogens with zero attached hydrogens (tertiary/aromatic N) is 2. The largest absolute Gasteiger partial charge is 0.381 e. The summed E-state index contributed by atoms with van der Waals surface area (Å²) in [5.41, 5.74) is 2.32. The van der Waals surface area contributed by atoms with Crippen molar-refractivity contribution in [3.05, 3.63) is 65.5 Å². The standard InChI is InChI=1S/C24H29FN2O3S/c1-18-7-10-23(19-5-3-2-4-6-19)31(28,29)27(18)14-20-8-9-21(13-22(20)25)26-15-24(16-26)11-12-30-17-24/h2-6,8-9,13,18,23H,7,10-12,14-17H2,1H3. The summed E-state index contributed by atoms with van der Waals surface area (Å²) < 4.78 is 48.8. The van der Waals surface area contributed by atoms with Crippen LogP contribution in [0.15, 0.2) is 48.5 Å². The highest BCUT2D eigenvalue weighted by atomic mass is 32.2. The summed E-state index contributed by atoms with van der Waals surface area (Å²) in [5.74, 6) is -0.342. The molecule has 0 bridgehead atoms. The topological polar surface area (TPSA) is 49.9 Å². The second-order valence-electron chi connectivity index (χ2n) is 9.35. The van der Waals surface area contributed by atoms with E-state index in [1.54, 1.807) is 12.1 Å². The lowest BCUT2D eigenvalue weighted by molar-refractivity contribution is 0.131. The van der Waals surface area contributed by atoms with Crippen LogP contribution >= 0.6 is 0 Å². The minimum Gasteiger partial charge on any atom is -0.381 e. The van der Waals surface area contributed by atoms with Crippen LogP contribution in [0, 0.1) is 11.2 Å². The fourth-order valence-corrected chi connectivity index (χ4v) is 7.41. The van der Waals surface area contributed by atoms with Gasteiger partial charge >= 0.3 is 0 Å². The lowest BCUT2D eigenvalue weighted by Gasteiger charge is -2.48. The summed E-state index contributed by atoms with van der Waals surface area (Å²) in [4.78, 5) is 2.17. The first-order valence-electron chi connectivity index (χ1n) is 11.0. The van der Waals surface area contributed by atoms with Gasteiger partial charge in [0.2, 0.25) is 10.0 Å². The summed E-state index contributed by atoms with van der Waals surface area (Å²) in [7, 11) is -3.57. The van der Waals surface area contributed by atoms with Gasteiger partial charge in [-0.25, -0.2) is 12.8 Å². The molecule has 2 aromatic carbocycles. The Bertz CT molecular complexity index is 1050. The molecule has 7 heteroatoms. The van der Waals surface area contributed by atoms with Gasteiger partial charge in [0, 0.05) is 48.9 Å². The summed E-state index contributed by atoms with van der Waals surface area (Å²) in [6.07, 6.45) is 2.42. The molecule has 3 aliphatic rings. The molecular formula is C24H29FN2O3S. The Morgan fingerprint density at radius 3 is 2.58 bits per heavy atom. The SMILES string of the molecule is CC1CCC(c2ccccc2)S(=O)(=O)N1Cc1ccc(N2CC3(CCOC3)C2)cc1F. The molecule has 0 N–H and O–H groups in total. The molecule has 3 heterocycles. The van der Waals surface area contributed by atoms with E-state index in [9.17, 15) is 8.42 Å². The van der Waals surface area contributed by atoms with Crippen LogP contribution in [0.5, 0.6) is 0 Å². The van der Waals surface area contributed by atoms with E-state index in [-0.39, 0.29) is 23.8 Å². The number of anilines is 1. The predicted molar refractivity (Wildman–Crippen MR) is 119 cm³/mol. The van der Waals surface area contributed by atoms with Crippen LogP contribution in [0.2, 0.25) is 0 Å². The summed E-state index contributed by atoms with van der Waals surface area (Å²) in [6, 6.07) is 14.4. The third-order valence-corrected chi connectivity index (χ3v) is 9.53. The Morgan fingerprint density at radius 2 is 1.90 bits per heavy atom. The van der Waals surface area contributed by atoms with E-state index in [1.807, 2.05) is 43.3 Å². The van der Waals surface area contributed by atoms with Crippen molar-refractivity contribution < 1.29 is 17.5 Å². The maximum Gasteiger partial charge on any atom is 0.221 e. The quantitative estimate of drug-likeness (QED) is 0.712. The molecule has 1 spiro atoms. The van der Waals surface area contributed by atoms with Gasteiger partial charge in [0.25, 0.3) is 0 Å². The first-order chi connectivity index (χ1) is 14.9. The van der Waals surface area contributed by atoms with Crippen molar-refractivity contribution in [1.29, 1.82) is 0 Å². The van der Waals surface area contributed by atoms with E-state index < -0.39 is 15.3 Å². The van der Waals surface area contributed by atoms with Crippen LogP contribution < -0.4 is 4.90 Å². The highest BCUT2D eigenvalue weighted by Crippen LogP contribution is 2.42. The van der Waals surface area contributed by atoms with Crippen molar-refractivity contribution in [2.45, 2.75) is 44.0 Å². The molecule has 3 fully saturated rings. The van der Waals surface area contributed by atoms with Crippen LogP contribution in [0.1, 0.15) is 42.6 Å². The molecule has 2 aromatic rings. The summed E-state index contributed by atoms with van der Waals surface area (Å²) in [5, 5.41) is -0.571. The van der Waals surface area contributed by atoms with E-state index in [2.05, 4.69) is 4.90 Å². The molecular weight excluding hydrogens is 415 g/mol. The number of sulfonamides is 1. The van der Waals surface area contributed by atoms with Gasteiger partial charge in [-0.05, 0) is 43.9 Å². The number of benzene rings is 2. The zero-order valence-electron chi connectivity index (χ0n) is 17.8. The Kier molecular flexibility index (Phi) is 5.31. The van der Waals surface area contributed by atoms with Gasteiger partial charge in [-0.3, -0.25) is 0 Å². The summed E-state index contributed by atoms with van der Waals surface area (Å²) >= 11 is 0. The molecule has 0 aromatic heterocycles. The number of hydrogen-bond donors (Lipinski definition) is 0. The Morgan fingerprint density at radius 1 is 1.13 bits per heavy atom. The van der Waals surface area contributed by atoms with Gasteiger partial charge < -0.3 is 9.64 Å². The minimum absolute atomic E-state index is 0.0662. The number of rotatable bonds is 4. The van der Waals surface area contributed by atoms with E-state index in [4.69, 9.17) is 4.74 Å². The van der Waals surface area contributed by atoms with Gasteiger partial charge in [0.15, 0.2) is 0 Å². The number of ether oxygens (including phenoxy) is 1.